The number of benzene rings is 1. The first kappa shape index (κ1) is 14.2. The zero-order chi connectivity index (χ0) is 14.7. The van der Waals surface area contributed by atoms with E-state index in [1.807, 2.05) is 24.0 Å². The maximum absolute atomic E-state index is 12.7. The Morgan fingerprint density at radius 3 is 3.00 bits per heavy atom. The number of piperidine rings is 1. The van der Waals surface area contributed by atoms with Crippen LogP contribution in [0.15, 0.2) is 18.2 Å². The number of nitrogens with zero attached hydrogens (tertiary/aromatic N) is 1. The second-order valence-electron chi connectivity index (χ2n) is 5.62. The summed E-state index contributed by atoms with van der Waals surface area (Å²) in [7, 11) is 0. The molecule has 1 fully saturated rings. The zero-order valence-electron chi connectivity index (χ0n) is 12.4. The van der Waals surface area contributed by atoms with Crippen molar-refractivity contribution in [2.75, 3.05) is 33.0 Å². The summed E-state index contributed by atoms with van der Waals surface area (Å²) in [5.41, 5.74) is 0.671. The smallest absolute Gasteiger partial charge is 0.253 e. The molecule has 0 aliphatic carbocycles. The molecule has 0 saturated carbocycles. The van der Waals surface area contributed by atoms with Crippen molar-refractivity contribution >= 4 is 5.91 Å². The fraction of sp³-hybridized carbons (Fsp3) is 0.562. The van der Waals surface area contributed by atoms with Crippen molar-refractivity contribution in [2.24, 2.45) is 5.92 Å². The van der Waals surface area contributed by atoms with Crippen molar-refractivity contribution < 1.29 is 14.3 Å². The Balaban J connectivity index is 1.69. The molecular weight excluding hydrogens is 268 g/mol. The molecule has 0 radical (unpaired) electrons. The molecule has 0 spiro atoms. The first-order valence-electron chi connectivity index (χ1n) is 7.67. The van der Waals surface area contributed by atoms with Crippen LogP contribution in [-0.4, -0.2) is 43.8 Å². The maximum atomic E-state index is 12.7. The third-order valence-electron chi connectivity index (χ3n) is 4.17. The van der Waals surface area contributed by atoms with Crippen LogP contribution in [-0.2, 0) is 0 Å². The Morgan fingerprint density at radius 2 is 2.24 bits per heavy atom. The average Bonchev–Trinajstić information content (AvgIpc) is 3.00. The van der Waals surface area contributed by atoms with Gasteiger partial charge in [0.25, 0.3) is 5.91 Å². The fourth-order valence-electron chi connectivity index (χ4n) is 2.96. The molecule has 3 rings (SSSR count). The number of amides is 1. The molecule has 1 amide bonds. The highest BCUT2D eigenvalue weighted by molar-refractivity contribution is 5.95. The minimum atomic E-state index is 0.0707. The molecule has 1 unspecified atom stereocenters. The van der Waals surface area contributed by atoms with E-state index in [2.05, 4.69) is 5.32 Å². The Bertz CT molecular complexity index is 512. The van der Waals surface area contributed by atoms with E-state index in [9.17, 15) is 4.79 Å². The fourth-order valence-corrected chi connectivity index (χ4v) is 2.96. The van der Waals surface area contributed by atoms with E-state index in [1.54, 1.807) is 6.07 Å². The number of nitrogens with one attached hydrogen (secondary N) is 1. The molecule has 5 heteroatoms. The minimum Gasteiger partial charge on any atom is -0.454 e. The molecule has 21 heavy (non-hydrogen) atoms. The van der Waals surface area contributed by atoms with Gasteiger partial charge in [-0.2, -0.15) is 0 Å². The SMILES string of the molecule is CCN(CC1CCCNC1)C(=O)c1ccc2c(c1)OCO2. The van der Waals surface area contributed by atoms with Gasteiger partial charge in [-0.1, -0.05) is 0 Å². The van der Waals surface area contributed by atoms with Crippen LogP contribution in [0.5, 0.6) is 11.5 Å². The molecule has 2 heterocycles. The van der Waals surface area contributed by atoms with Gasteiger partial charge in [-0.25, -0.2) is 0 Å². The summed E-state index contributed by atoms with van der Waals surface area (Å²) in [6.07, 6.45) is 2.39. The molecule has 2 aliphatic rings. The summed E-state index contributed by atoms with van der Waals surface area (Å²) in [6.45, 7) is 5.91. The predicted molar refractivity (Wildman–Crippen MR) is 79.7 cm³/mol. The Labute approximate surface area is 125 Å². The topological polar surface area (TPSA) is 50.8 Å². The number of rotatable bonds is 4. The predicted octanol–water partition coefficient (Wildman–Crippen LogP) is 1.88. The first-order chi connectivity index (χ1) is 10.3. The summed E-state index contributed by atoms with van der Waals surface area (Å²) in [5, 5.41) is 3.40. The van der Waals surface area contributed by atoms with Crippen molar-refractivity contribution in [2.45, 2.75) is 19.8 Å². The van der Waals surface area contributed by atoms with Crippen LogP contribution in [0.25, 0.3) is 0 Å². The lowest BCUT2D eigenvalue weighted by atomic mass is 9.98. The number of ether oxygens (including phenoxy) is 2. The van der Waals surface area contributed by atoms with Crippen LogP contribution in [0, 0.1) is 5.92 Å². The molecule has 1 aromatic rings. The number of hydrogen-bond donors (Lipinski definition) is 1. The highest BCUT2D eigenvalue weighted by Crippen LogP contribution is 2.32. The van der Waals surface area contributed by atoms with Gasteiger partial charge in [0, 0.05) is 18.7 Å². The molecular formula is C16H22N2O3. The molecule has 1 aromatic carbocycles. The van der Waals surface area contributed by atoms with E-state index in [1.165, 1.54) is 12.8 Å². The molecule has 1 N–H and O–H groups in total. The molecule has 1 atom stereocenters. The van der Waals surface area contributed by atoms with Gasteiger partial charge in [-0.3, -0.25) is 4.79 Å². The maximum Gasteiger partial charge on any atom is 0.253 e. The highest BCUT2D eigenvalue weighted by Gasteiger charge is 2.22. The molecule has 1 saturated heterocycles. The van der Waals surface area contributed by atoms with Crippen LogP contribution >= 0.6 is 0 Å². The second-order valence-corrected chi connectivity index (χ2v) is 5.62. The molecule has 114 valence electrons. The van der Waals surface area contributed by atoms with E-state index in [-0.39, 0.29) is 12.7 Å². The molecule has 2 aliphatic heterocycles. The number of fused-ring (bicyclic) bond motifs is 1. The average molecular weight is 290 g/mol. The second kappa shape index (κ2) is 6.35. The van der Waals surface area contributed by atoms with Gasteiger partial charge >= 0.3 is 0 Å². The van der Waals surface area contributed by atoms with Crippen LogP contribution in [0.4, 0.5) is 0 Å². The van der Waals surface area contributed by atoms with Gasteiger partial charge in [0.2, 0.25) is 6.79 Å². The zero-order valence-corrected chi connectivity index (χ0v) is 12.4. The Morgan fingerprint density at radius 1 is 1.38 bits per heavy atom. The van der Waals surface area contributed by atoms with Gasteiger partial charge in [-0.15, -0.1) is 0 Å². The van der Waals surface area contributed by atoms with E-state index in [0.717, 1.165) is 26.2 Å². The summed E-state index contributed by atoms with van der Waals surface area (Å²) >= 11 is 0. The van der Waals surface area contributed by atoms with Crippen molar-refractivity contribution in [3.05, 3.63) is 23.8 Å². The summed E-state index contributed by atoms with van der Waals surface area (Å²) in [5.74, 6) is 2.00. The van der Waals surface area contributed by atoms with Crippen molar-refractivity contribution in [3.8, 4) is 11.5 Å². The number of carbonyl (C=O) groups is 1. The van der Waals surface area contributed by atoms with Gasteiger partial charge in [0.1, 0.15) is 0 Å². The van der Waals surface area contributed by atoms with E-state index >= 15 is 0 Å². The van der Waals surface area contributed by atoms with Crippen LogP contribution in [0.3, 0.4) is 0 Å². The standard InChI is InChI=1S/C16H22N2O3/c1-2-18(10-12-4-3-7-17-9-12)16(19)13-5-6-14-15(8-13)21-11-20-14/h5-6,8,12,17H,2-4,7,9-11H2,1H3. The number of hydrogen-bond acceptors (Lipinski definition) is 4. The van der Waals surface area contributed by atoms with Gasteiger partial charge in [0.15, 0.2) is 11.5 Å². The van der Waals surface area contributed by atoms with Crippen LogP contribution in [0.2, 0.25) is 0 Å². The summed E-state index contributed by atoms with van der Waals surface area (Å²) in [4.78, 5) is 14.6. The lowest BCUT2D eigenvalue weighted by Gasteiger charge is -2.29. The molecule has 0 aromatic heterocycles. The Hall–Kier alpha value is -1.75. The highest BCUT2D eigenvalue weighted by atomic mass is 16.7. The van der Waals surface area contributed by atoms with E-state index < -0.39 is 0 Å². The third-order valence-corrected chi connectivity index (χ3v) is 4.17. The minimum absolute atomic E-state index is 0.0707. The van der Waals surface area contributed by atoms with Crippen LogP contribution < -0.4 is 14.8 Å². The third kappa shape index (κ3) is 3.13. The summed E-state index contributed by atoms with van der Waals surface area (Å²) in [6, 6.07) is 5.41. The van der Waals surface area contributed by atoms with E-state index in [0.29, 0.717) is 23.0 Å². The molecule has 0 bridgehead atoms. The number of carbonyl (C=O) groups excluding carboxylic acids is 1. The quantitative estimate of drug-likeness (QED) is 0.920. The lowest BCUT2D eigenvalue weighted by Crippen LogP contribution is -2.41. The van der Waals surface area contributed by atoms with E-state index in [4.69, 9.17) is 9.47 Å². The largest absolute Gasteiger partial charge is 0.454 e. The first-order valence-corrected chi connectivity index (χ1v) is 7.67. The van der Waals surface area contributed by atoms with Crippen LogP contribution in [0.1, 0.15) is 30.1 Å². The lowest BCUT2D eigenvalue weighted by molar-refractivity contribution is 0.0728. The monoisotopic (exact) mass is 290 g/mol. The Kier molecular flexibility index (Phi) is 4.29. The van der Waals surface area contributed by atoms with Gasteiger partial charge in [0.05, 0.1) is 0 Å². The molecule has 5 nitrogen and oxygen atoms in total. The summed E-state index contributed by atoms with van der Waals surface area (Å²) < 4.78 is 10.6. The van der Waals surface area contributed by atoms with Crippen molar-refractivity contribution in [1.82, 2.24) is 10.2 Å². The van der Waals surface area contributed by atoms with Gasteiger partial charge in [-0.05, 0) is 57.0 Å². The van der Waals surface area contributed by atoms with Crippen molar-refractivity contribution in [3.63, 3.8) is 0 Å². The normalized spacial score (nSPS) is 20.3. The van der Waals surface area contributed by atoms with Gasteiger partial charge < -0.3 is 19.7 Å². The van der Waals surface area contributed by atoms with Crippen molar-refractivity contribution in [1.29, 1.82) is 0 Å².